The van der Waals surface area contributed by atoms with Crippen molar-refractivity contribution in [2.24, 2.45) is 5.92 Å². The number of Topliss-reactive ketones (excluding diaryl/α,β-unsaturated/α-hetero) is 1. The van der Waals surface area contributed by atoms with Gasteiger partial charge in [-0.15, -0.1) is 0 Å². The van der Waals surface area contributed by atoms with Crippen LogP contribution in [-0.2, 0) is 26.2 Å². The molecule has 1 aromatic rings. The zero-order valence-corrected chi connectivity index (χ0v) is 15.8. The fraction of sp³-hybridized carbons (Fsp3) is 0.636. The number of benzene rings is 1. The standard InChI is InChI=1S/C22H30O3/c1-21(2,3)18-10-6-7-16(13-18)11-12-22(17-8-4-5-9-17)15-19(23)14-20(24)25-22/h6-7,10,13,17H,4-5,8-9,11-12,14-15H2,1-3H3. The predicted octanol–water partition coefficient (Wildman–Crippen LogP) is 4.75. The highest BCUT2D eigenvalue weighted by Gasteiger charge is 2.47. The van der Waals surface area contributed by atoms with Crippen molar-refractivity contribution in [3.63, 3.8) is 0 Å². The first kappa shape index (κ1) is 18.2. The Kier molecular flexibility index (Phi) is 5.04. The van der Waals surface area contributed by atoms with E-state index in [-0.39, 0.29) is 23.6 Å². The van der Waals surface area contributed by atoms with Crippen molar-refractivity contribution in [2.45, 2.75) is 83.2 Å². The van der Waals surface area contributed by atoms with Gasteiger partial charge in [0.05, 0.1) is 0 Å². The van der Waals surface area contributed by atoms with Gasteiger partial charge in [0, 0.05) is 6.42 Å². The van der Waals surface area contributed by atoms with Crippen LogP contribution in [0.25, 0.3) is 0 Å². The van der Waals surface area contributed by atoms with Crippen LogP contribution < -0.4 is 0 Å². The minimum Gasteiger partial charge on any atom is -0.458 e. The number of ether oxygens (including phenoxy) is 1. The SMILES string of the molecule is CC(C)(C)c1cccc(CCC2(C3CCCC3)CC(=O)CC(=O)O2)c1. The van der Waals surface area contributed by atoms with E-state index in [1.54, 1.807) is 0 Å². The second-order valence-corrected chi connectivity index (χ2v) is 8.86. The predicted molar refractivity (Wildman–Crippen MR) is 98.5 cm³/mol. The summed E-state index contributed by atoms with van der Waals surface area (Å²) in [7, 11) is 0. The number of cyclic esters (lactones) is 1. The molecule has 1 saturated carbocycles. The van der Waals surface area contributed by atoms with Crippen molar-refractivity contribution >= 4 is 11.8 Å². The quantitative estimate of drug-likeness (QED) is 0.586. The molecule has 0 N–H and O–H groups in total. The molecule has 1 atom stereocenters. The Bertz CT molecular complexity index is 631. The summed E-state index contributed by atoms with van der Waals surface area (Å²) in [6.07, 6.45) is 6.46. The zero-order valence-electron chi connectivity index (χ0n) is 15.8. The van der Waals surface area contributed by atoms with Crippen molar-refractivity contribution in [3.05, 3.63) is 35.4 Å². The molecule has 2 fully saturated rings. The maximum Gasteiger partial charge on any atom is 0.313 e. The number of carbonyl (C=O) groups is 2. The van der Waals surface area contributed by atoms with Crippen LogP contribution in [0, 0.1) is 5.92 Å². The van der Waals surface area contributed by atoms with Gasteiger partial charge >= 0.3 is 5.97 Å². The third kappa shape index (κ3) is 4.13. The van der Waals surface area contributed by atoms with Crippen LogP contribution in [0.1, 0.15) is 76.8 Å². The van der Waals surface area contributed by atoms with Crippen LogP contribution >= 0.6 is 0 Å². The van der Waals surface area contributed by atoms with Gasteiger partial charge in [0.1, 0.15) is 17.8 Å². The number of hydrogen-bond donors (Lipinski definition) is 0. The van der Waals surface area contributed by atoms with Gasteiger partial charge in [0.25, 0.3) is 0 Å². The Balaban J connectivity index is 1.79. The van der Waals surface area contributed by atoms with E-state index in [4.69, 9.17) is 4.74 Å². The highest BCUT2D eigenvalue weighted by atomic mass is 16.6. The fourth-order valence-electron chi connectivity index (χ4n) is 4.43. The molecule has 2 aliphatic rings. The maximum absolute atomic E-state index is 12.1. The lowest BCUT2D eigenvalue weighted by Crippen LogP contribution is -2.48. The van der Waals surface area contributed by atoms with Crippen molar-refractivity contribution in [1.29, 1.82) is 0 Å². The van der Waals surface area contributed by atoms with E-state index in [0.29, 0.717) is 12.3 Å². The molecule has 1 aliphatic heterocycles. The first-order valence-corrected chi connectivity index (χ1v) is 9.61. The van der Waals surface area contributed by atoms with Gasteiger partial charge in [0.15, 0.2) is 0 Å². The number of hydrogen-bond acceptors (Lipinski definition) is 3. The molecule has 0 radical (unpaired) electrons. The summed E-state index contributed by atoms with van der Waals surface area (Å²) in [4.78, 5) is 24.1. The normalized spacial score (nSPS) is 25.2. The Labute approximate surface area is 151 Å². The summed E-state index contributed by atoms with van der Waals surface area (Å²) in [5.41, 5.74) is 2.13. The first-order chi connectivity index (χ1) is 11.8. The molecule has 0 amide bonds. The molecule has 3 rings (SSSR count). The Morgan fingerprint density at radius 2 is 1.88 bits per heavy atom. The average molecular weight is 342 g/mol. The molecule has 1 unspecified atom stereocenters. The molecule has 1 aliphatic carbocycles. The van der Waals surface area contributed by atoms with Gasteiger partial charge in [-0.05, 0) is 48.1 Å². The van der Waals surface area contributed by atoms with Crippen molar-refractivity contribution in [3.8, 4) is 0 Å². The molecule has 3 heteroatoms. The van der Waals surface area contributed by atoms with Crippen molar-refractivity contribution in [2.75, 3.05) is 0 Å². The van der Waals surface area contributed by atoms with Crippen LogP contribution in [0.3, 0.4) is 0 Å². The summed E-state index contributed by atoms with van der Waals surface area (Å²) in [6.45, 7) is 6.65. The second kappa shape index (κ2) is 6.93. The van der Waals surface area contributed by atoms with Gasteiger partial charge in [0.2, 0.25) is 0 Å². The van der Waals surface area contributed by atoms with E-state index in [1.807, 2.05) is 0 Å². The van der Waals surface area contributed by atoms with Gasteiger partial charge < -0.3 is 4.74 Å². The maximum atomic E-state index is 12.1. The highest BCUT2D eigenvalue weighted by Crippen LogP contribution is 2.44. The monoisotopic (exact) mass is 342 g/mol. The van der Waals surface area contributed by atoms with E-state index < -0.39 is 5.60 Å². The summed E-state index contributed by atoms with van der Waals surface area (Å²) in [6, 6.07) is 8.68. The molecule has 3 nitrogen and oxygen atoms in total. The fourth-order valence-corrected chi connectivity index (χ4v) is 4.43. The van der Waals surface area contributed by atoms with Gasteiger partial charge in [-0.2, -0.15) is 0 Å². The number of carbonyl (C=O) groups excluding carboxylic acids is 2. The van der Waals surface area contributed by atoms with Crippen LogP contribution in [0.15, 0.2) is 24.3 Å². The lowest BCUT2D eigenvalue weighted by molar-refractivity contribution is -0.178. The summed E-state index contributed by atoms with van der Waals surface area (Å²) in [5.74, 6) is 0.0599. The molecule has 1 heterocycles. The smallest absolute Gasteiger partial charge is 0.313 e. The largest absolute Gasteiger partial charge is 0.458 e. The number of aryl methyl sites for hydroxylation is 1. The lowest BCUT2D eigenvalue weighted by atomic mass is 9.75. The molecule has 0 aromatic heterocycles. The minimum atomic E-state index is -0.569. The molecular weight excluding hydrogens is 312 g/mol. The third-order valence-corrected chi connectivity index (χ3v) is 5.88. The van der Waals surface area contributed by atoms with Crippen LogP contribution in [0.2, 0.25) is 0 Å². The molecule has 0 spiro atoms. The first-order valence-electron chi connectivity index (χ1n) is 9.61. The minimum absolute atomic E-state index is 0.0476. The summed E-state index contributed by atoms with van der Waals surface area (Å²) in [5, 5.41) is 0. The van der Waals surface area contributed by atoms with Crippen LogP contribution in [0.4, 0.5) is 0 Å². The van der Waals surface area contributed by atoms with Crippen molar-refractivity contribution < 1.29 is 14.3 Å². The van der Waals surface area contributed by atoms with Crippen LogP contribution in [-0.4, -0.2) is 17.4 Å². The molecule has 1 saturated heterocycles. The van der Waals surface area contributed by atoms with Gasteiger partial charge in [-0.3, -0.25) is 9.59 Å². The van der Waals surface area contributed by atoms with E-state index >= 15 is 0 Å². The van der Waals surface area contributed by atoms with Gasteiger partial charge in [-0.25, -0.2) is 0 Å². The molecule has 0 bridgehead atoms. The number of rotatable bonds is 4. The zero-order chi connectivity index (χ0) is 18.1. The lowest BCUT2D eigenvalue weighted by Gasteiger charge is -2.41. The van der Waals surface area contributed by atoms with E-state index in [0.717, 1.165) is 25.7 Å². The van der Waals surface area contributed by atoms with Crippen LogP contribution in [0.5, 0.6) is 0 Å². The molecule has 136 valence electrons. The topological polar surface area (TPSA) is 43.4 Å². The van der Waals surface area contributed by atoms with Crippen molar-refractivity contribution in [1.82, 2.24) is 0 Å². The third-order valence-electron chi connectivity index (χ3n) is 5.88. The Hall–Kier alpha value is -1.64. The average Bonchev–Trinajstić information content (AvgIpc) is 3.07. The highest BCUT2D eigenvalue weighted by molar-refractivity contribution is 5.98. The van der Waals surface area contributed by atoms with Gasteiger partial charge in [-0.1, -0.05) is 57.9 Å². The molecule has 25 heavy (non-hydrogen) atoms. The van der Waals surface area contributed by atoms with E-state index in [1.165, 1.54) is 24.0 Å². The molecule has 1 aromatic carbocycles. The summed E-state index contributed by atoms with van der Waals surface area (Å²) < 4.78 is 5.89. The Morgan fingerprint density at radius 3 is 2.52 bits per heavy atom. The second-order valence-electron chi connectivity index (χ2n) is 8.86. The number of ketones is 1. The van der Waals surface area contributed by atoms with E-state index in [2.05, 4.69) is 45.0 Å². The summed E-state index contributed by atoms with van der Waals surface area (Å²) >= 11 is 0. The number of esters is 1. The van der Waals surface area contributed by atoms with E-state index in [9.17, 15) is 9.59 Å². The Morgan fingerprint density at radius 1 is 1.16 bits per heavy atom. The molecular formula is C22H30O3.